The number of hydrogen-bond donors (Lipinski definition) is 11. The van der Waals surface area contributed by atoms with E-state index in [0.717, 1.165) is 15.4 Å². The molecule has 1 fully saturated rings. The number of aliphatic imine (C=N–C) groups is 1. The molecule has 3 aromatic rings. The van der Waals surface area contributed by atoms with E-state index in [9.17, 15) is 48.9 Å². The summed E-state index contributed by atoms with van der Waals surface area (Å²) < 4.78 is 2.04. The maximum atomic E-state index is 13.9. The first-order valence-electron chi connectivity index (χ1n) is 17.8. The highest BCUT2D eigenvalue weighted by Gasteiger charge is 2.33. The minimum atomic E-state index is -1.63. The van der Waals surface area contributed by atoms with E-state index in [2.05, 4.69) is 52.2 Å². The average molecular weight is 799 g/mol. The third kappa shape index (κ3) is 12.7. The number of carboxylic acid groups (broad SMARTS) is 1. The lowest BCUT2D eigenvalue weighted by Gasteiger charge is -2.28. The molecule has 4 rings (SSSR count). The molecule has 0 spiro atoms. The van der Waals surface area contributed by atoms with Crippen molar-refractivity contribution in [3.63, 3.8) is 0 Å². The second kappa shape index (κ2) is 20.3. The molecule has 1 saturated heterocycles. The first-order valence-corrected chi connectivity index (χ1v) is 17.8. The monoisotopic (exact) mass is 798 g/mol. The predicted molar refractivity (Wildman–Crippen MR) is 198 cm³/mol. The number of carboxylic acids is 1. The van der Waals surface area contributed by atoms with Gasteiger partial charge in [-0.05, 0) is 49.8 Å². The van der Waals surface area contributed by atoms with Crippen LogP contribution in [0.5, 0.6) is 5.75 Å². The summed E-state index contributed by atoms with van der Waals surface area (Å²) in [6.07, 6.45) is -0.526. The van der Waals surface area contributed by atoms with Crippen LogP contribution in [0.4, 0.5) is 0 Å². The SMILES string of the molecule is Cn1nnc2c(C(=O)NCCCC[C@@H]3NC(=O)[C@@H](Cc4ccc(O)cc4)NC(=O)[C@H](CC(=O)O)NC(=O)CNC(O)[C@H](CCCN=C(N)N)NC3=O)ncn2c1=O. The molecule has 0 radical (unpaired) electrons. The van der Waals surface area contributed by atoms with Crippen LogP contribution in [0.2, 0.25) is 0 Å². The van der Waals surface area contributed by atoms with Gasteiger partial charge in [-0.25, -0.2) is 14.2 Å². The van der Waals surface area contributed by atoms with E-state index >= 15 is 0 Å². The first kappa shape index (κ1) is 43.0. The second-order valence-electron chi connectivity index (χ2n) is 13.1. The number of rotatable bonds is 14. The molecule has 1 aliphatic heterocycles. The maximum Gasteiger partial charge on any atom is 0.352 e. The Balaban J connectivity index is 1.56. The number of aromatic nitrogens is 5. The van der Waals surface area contributed by atoms with Gasteiger partial charge in [-0.3, -0.25) is 39.1 Å². The Bertz CT molecular complexity index is 2010. The van der Waals surface area contributed by atoms with Crippen molar-refractivity contribution in [1.82, 2.24) is 56.3 Å². The summed E-state index contributed by atoms with van der Waals surface area (Å²) >= 11 is 0. The number of aliphatic carboxylic acids is 1. The predicted octanol–water partition coefficient (Wildman–Crippen LogP) is -4.94. The van der Waals surface area contributed by atoms with Gasteiger partial charge in [-0.1, -0.05) is 17.3 Å². The lowest BCUT2D eigenvalue weighted by atomic mass is 10.0. The van der Waals surface area contributed by atoms with Crippen LogP contribution in [-0.4, -0.2) is 131 Å². The molecule has 24 heteroatoms. The summed E-state index contributed by atoms with van der Waals surface area (Å²) in [6, 6.07) is 0.346. The van der Waals surface area contributed by atoms with Gasteiger partial charge in [0.25, 0.3) is 5.91 Å². The zero-order valence-electron chi connectivity index (χ0n) is 30.9. The number of aromatic hydroxyl groups is 1. The number of hydrogen-bond acceptors (Lipinski definition) is 14. The fraction of sp³-hybridized carbons (Fsp3) is 0.485. The number of benzene rings is 1. The van der Waals surface area contributed by atoms with Gasteiger partial charge in [-0.15, -0.1) is 5.10 Å². The topological polar surface area (TPSA) is 365 Å². The number of nitrogens with zero attached hydrogens (tertiary/aromatic N) is 6. The number of carbonyl (C=O) groups excluding carboxylic acids is 5. The molecule has 57 heavy (non-hydrogen) atoms. The molecule has 0 saturated carbocycles. The fourth-order valence-electron chi connectivity index (χ4n) is 5.77. The van der Waals surface area contributed by atoms with Gasteiger partial charge in [0.2, 0.25) is 23.6 Å². The van der Waals surface area contributed by atoms with Gasteiger partial charge < -0.3 is 53.4 Å². The third-order valence-electron chi connectivity index (χ3n) is 8.74. The van der Waals surface area contributed by atoms with E-state index < -0.39 is 84.6 Å². The lowest BCUT2D eigenvalue weighted by molar-refractivity contribution is -0.141. The molecule has 3 heterocycles. The minimum Gasteiger partial charge on any atom is -0.508 e. The van der Waals surface area contributed by atoms with Crippen LogP contribution >= 0.6 is 0 Å². The normalized spacial score (nSPS) is 20.9. The summed E-state index contributed by atoms with van der Waals surface area (Å²) in [5.41, 5.74) is 10.6. The fourth-order valence-corrected chi connectivity index (χ4v) is 5.77. The van der Waals surface area contributed by atoms with Crippen molar-refractivity contribution < 1.29 is 44.1 Å². The van der Waals surface area contributed by atoms with Gasteiger partial charge in [0, 0.05) is 26.6 Å². The number of nitrogens with two attached hydrogens (primary N) is 2. The largest absolute Gasteiger partial charge is 0.508 e. The number of phenolic OH excluding ortho intramolecular Hbond substituents is 1. The molecule has 1 unspecified atom stereocenters. The highest BCUT2D eigenvalue weighted by Crippen LogP contribution is 2.13. The molecule has 0 aliphatic carbocycles. The Hall–Kier alpha value is -6.69. The van der Waals surface area contributed by atoms with E-state index in [1.165, 1.54) is 31.3 Å². The number of phenols is 1. The van der Waals surface area contributed by atoms with Crippen LogP contribution in [0.15, 0.2) is 40.4 Å². The van der Waals surface area contributed by atoms with Crippen molar-refractivity contribution in [2.45, 2.75) is 75.3 Å². The van der Waals surface area contributed by atoms with Gasteiger partial charge in [-0.2, -0.15) is 4.68 Å². The Morgan fingerprint density at radius 1 is 0.930 bits per heavy atom. The van der Waals surface area contributed by atoms with Crippen molar-refractivity contribution >= 4 is 47.1 Å². The summed E-state index contributed by atoms with van der Waals surface area (Å²) in [5.74, 6) is -5.74. The molecular weight excluding hydrogens is 752 g/mol. The number of aryl methyl sites for hydroxylation is 1. The number of unbranched alkanes of at least 4 members (excludes halogenated alkanes) is 1. The Kier molecular flexibility index (Phi) is 15.3. The smallest absolute Gasteiger partial charge is 0.352 e. The number of carbonyl (C=O) groups is 6. The summed E-state index contributed by atoms with van der Waals surface area (Å²) in [5, 5.41) is 53.2. The van der Waals surface area contributed by atoms with Crippen molar-refractivity contribution in [2.24, 2.45) is 23.5 Å². The maximum absolute atomic E-state index is 13.9. The van der Waals surface area contributed by atoms with E-state index in [0.29, 0.717) is 5.56 Å². The van der Waals surface area contributed by atoms with Gasteiger partial charge in [0.15, 0.2) is 17.3 Å². The van der Waals surface area contributed by atoms with Crippen LogP contribution in [0.25, 0.3) is 5.65 Å². The zero-order valence-corrected chi connectivity index (χ0v) is 30.9. The number of fused-ring (bicyclic) bond motifs is 1. The molecule has 5 amide bonds. The standard InChI is InChI=1S/C33H46N14O10/c1-46-33(57)47-16-39-25(26(47)44-45-46)31(56)36-11-3-2-5-20-28(53)41-19(6-4-12-37-32(34)35)27(52)38-15-23(49)40-22(14-24(50)51)30(55)43-21(29(54)42-20)13-17-7-9-18(48)10-8-17/h7-10,16,19-22,27,38,48,52H,2-6,11-15H2,1H3,(H,36,56)(H,40,49)(H,41,53)(H,42,54)(H,43,55)(H,50,51)(H4,34,35,37)/t19-,20-,21+,22-,27?/m0/s1. The summed E-state index contributed by atoms with van der Waals surface area (Å²) in [7, 11) is 1.39. The number of amides is 5. The zero-order chi connectivity index (χ0) is 41.6. The molecular formula is C33H46N14O10. The second-order valence-corrected chi connectivity index (χ2v) is 13.1. The van der Waals surface area contributed by atoms with E-state index in [1.807, 2.05) is 0 Å². The molecule has 13 N–H and O–H groups in total. The quantitative estimate of drug-likeness (QED) is 0.0413. The number of guanidine groups is 1. The number of aliphatic hydroxyl groups is 1. The number of aliphatic hydroxyl groups excluding tert-OH is 1. The van der Waals surface area contributed by atoms with E-state index in [4.69, 9.17) is 11.5 Å². The number of nitrogens with one attached hydrogen (secondary N) is 6. The molecule has 0 bridgehead atoms. The molecule has 1 aromatic carbocycles. The van der Waals surface area contributed by atoms with Crippen molar-refractivity contribution in [3.05, 3.63) is 52.3 Å². The van der Waals surface area contributed by atoms with Crippen LogP contribution < -0.4 is 49.1 Å². The highest BCUT2D eigenvalue weighted by atomic mass is 16.4. The average Bonchev–Trinajstić information content (AvgIpc) is 3.60. The number of imidazole rings is 1. The van der Waals surface area contributed by atoms with Crippen molar-refractivity contribution in [2.75, 3.05) is 19.6 Å². The van der Waals surface area contributed by atoms with Gasteiger partial charge in [0.05, 0.1) is 19.0 Å². The minimum absolute atomic E-state index is 0.00578. The Morgan fingerprint density at radius 3 is 2.32 bits per heavy atom. The lowest BCUT2D eigenvalue weighted by Crippen LogP contribution is -2.58. The van der Waals surface area contributed by atoms with Gasteiger partial charge >= 0.3 is 11.7 Å². The summed E-state index contributed by atoms with van der Waals surface area (Å²) in [6.45, 7) is -0.374. The van der Waals surface area contributed by atoms with E-state index in [1.54, 1.807) is 0 Å². The van der Waals surface area contributed by atoms with Crippen LogP contribution in [0.1, 0.15) is 54.6 Å². The van der Waals surface area contributed by atoms with Crippen LogP contribution in [0, 0.1) is 0 Å². The molecule has 1 aliphatic rings. The molecule has 5 atom stereocenters. The van der Waals surface area contributed by atoms with Crippen LogP contribution in [0.3, 0.4) is 0 Å². The van der Waals surface area contributed by atoms with Crippen molar-refractivity contribution in [1.29, 1.82) is 0 Å². The molecule has 24 nitrogen and oxygen atoms in total. The molecule has 308 valence electrons. The van der Waals surface area contributed by atoms with Crippen LogP contribution in [-0.2, 0) is 37.4 Å². The first-order chi connectivity index (χ1) is 27.1. The Morgan fingerprint density at radius 2 is 1.61 bits per heavy atom. The molecule has 2 aromatic heterocycles. The Labute approximate surface area is 323 Å². The van der Waals surface area contributed by atoms with Gasteiger partial charge in [0.1, 0.15) is 36.4 Å². The summed E-state index contributed by atoms with van der Waals surface area (Å²) in [4.78, 5) is 98.8. The third-order valence-corrected chi connectivity index (χ3v) is 8.74. The highest BCUT2D eigenvalue weighted by molar-refractivity contribution is 5.98. The van der Waals surface area contributed by atoms with E-state index in [-0.39, 0.29) is 74.7 Å². The van der Waals surface area contributed by atoms with Crippen molar-refractivity contribution in [3.8, 4) is 5.75 Å².